The van der Waals surface area contributed by atoms with Crippen molar-refractivity contribution in [2.45, 2.75) is 102 Å². The molecule has 0 amide bonds. The summed E-state index contributed by atoms with van der Waals surface area (Å²) >= 11 is 0. The molecule has 0 fully saturated rings. The summed E-state index contributed by atoms with van der Waals surface area (Å²) in [6, 6.07) is 0. The van der Waals surface area contributed by atoms with Crippen LogP contribution in [0.4, 0.5) is 22.0 Å². The zero-order chi connectivity index (χ0) is 22.9. The number of hydrogen-bond donors (Lipinski definition) is 0. The van der Waals surface area contributed by atoms with Crippen LogP contribution in [0.5, 0.6) is 0 Å². The van der Waals surface area contributed by atoms with Gasteiger partial charge in [0, 0.05) is 19.6 Å². The van der Waals surface area contributed by atoms with E-state index in [2.05, 4.69) is 4.18 Å². The van der Waals surface area contributed by atoms with Crippen molar-refractivity contribution < 1.29 is 39.3 Å². The second-order valence-electron chi connectivity index (χ2n) is 7.69. The van der Waals surface area contributed by atoms with E-state index in [1.165, 1.54) is 0 Å². The van der Waals surface area contributed by atoms with Crippen LogP contribution in [0.1, 0.15) is 89.9 Å². The minimum atomic E-state index is -5.45. The highest BCUT2D eigenvalue weighted by Crippen LogP contribution is 2.39. The van der Waals surface area contributed by atoms with Crippen LogP contribution < -0.4 is 0 Å². The Kier molecular flexibility index (Phi) is 15.9. The van der Waals surface area contributed by atoms with Crippen LogP contribution in [0.15, 0.2) is 0 Å². The average Bonchev–Trinajstić information content (AvgIpc) is 2.61. The van der Waals surface area contributed by atoms with E-state index in [1.807, 2.05) is 0 Å². The first-order valence-electron chi connectivity index (χ1n) is 10.8. The lowest BCUT2D eigenvalue weighted by molar-refractivity contribution is -0.284. The maximum Gasteiger partial charge on any atom is 0.453 e. The molecule has 0 aromatic rings. The third-order valence-corrected chi connectivity index (χ3v) is 5.27. The summed E-state index contributed by atoms with van der Waals surface area (Å²) in [6.45, 7) is 1.41. The van der Waals surface area contributed by atoms with Gasteiger partial charge in [0.25, 0.3) is 10.1 Å². The fraction of sp³-hybridized carbons (Fsp3) is 1.00. The molecule has 182 valence electrons. The second-order valence-corrected chi connectivity index (χ2v) is 9.33. The zero-order valence-electron chi connectivity index (χ0n) is 18.0. The van der Waals surface area contributed by atoms with Gasteiger partial charge in [-0.15, -0.1) is 0 Å². The molecular formula is C20H37F5O4S. The van der Waals surface area contributed by atoms with Crippen molar-refractivity contribution in [2.75, 3.05) is 26.1 Å². The van der Waals surface area contributed by atoms with E-state index in [4.69, 9.17) is 4.74 Å². The smallest absolute Gasteiger partial charge is 0.381 e. The summed E-state index contributed by atoms with van der Waals surface area (Å²) in [6.07, 6.45) is 5.33. The minimum Gasteiger partial charge on any atom is -0.381 e. The Labute approximate surface area is 178 Å². The second kappa shape index (κ2) is 16.2. The van der Waals surface area contributed by atoms with Crippen molar-refractivity contribution in [3.05, 3.63) is 0 Å². The molecule has 0 aliphatic rings. The first-order chi connectivity index (χ1) is 14.0. The predicted octanol–water partition coefficient (Wildman–Crippen LogP) is 6.64. The molecule has 0 aliphatic heterocycles. The van der Waals surface area contributed by atoms with Gasteiger partial charge in [-0.2, -0.15) is 30.4 Å². The fourth-order valence-corrected chi connectivity index (χ4v) is 3.32. The molecule has 0 bridgehead atoms. The van der Waals surface area contributed by atoms with Crippen LogP contribution in [-0.2, 0) is 19.0 Å². The summed E-state index contributed by atoms with van der Waals surface area (Å²) in [4.78, 5) is 0. The molecule has 4 nitrogen and oxygen atoms in total. The molecule has 0 saturated carbocycles. The monoisotopic (exact) mass is 468 g/mol. The van der Waals surface area contributed by atoms with E-state index in [9.17, 15) is 30.4 Å². The molecule has 0 radical (unpaired) electrons. The largest absolute Gasteiger partial charge is 0.453 e. The van der Waals surface area contributed by atoms with Gasteiger partial charge in [0.2, 0.25) is 0 Å². The molecule has 0 spiro atoms. The van der Waals surface area contributed by atoms with E-state index in [1.54, 1.807) is 0 Å². The molecule has 0 unspecified atom stereocenters. The van der Waals surface area contributed by atoms with E-state index < -0.39 is 28.6 Å². The fourth-order valence-electron chi connectivity index (χ4n) is 2.90. The number of alkyl halides is 5. The lowest BCUT2D eigenvalue weighted by Crippen LogP contribution is -2.36. The first-order valence-corrected chi connectivity index (χ1v) is 12.6. The van der Waals surface area contributed by atoms with Gasteiger partial charge in [-0.05, 0) is 25.7 Å². The molecule has 0 aromatic heterocycles. The van der Waals surface area contributed by atoms with Crippen LogP contribution in [0, 0.1) is 0 Å². The molecule has 0 heterocycles. The van der Waals surface area contributed by atoms with Crippen LogP contribution in [0.25, 0.3) is 0 Å². The average molecular weight is 469 g/mol. The van der Waals surface area contributed by atoms with Gasteiger partial charge in [-0.25, -0.2) is 0 Å². The maximum atomic E-state index is 12.7. The Morgan fingerprint density at radius 2 is 0.967 bits per heavy atom. The van der Waals surface area contributed by atoms with Crippen molar-refractivity contribution in [3.63, 3.8) is 0 Å². The van der Waals surface area contributed by atoms with E-state index in [0.717, 1.165) is 64.0 Å². The zero-order valence-corrected chi connectivity index (χ0v) is 18.8. The number of ether oxygens (including phenoxy) is 1. The van der Waals surface area contributed by atoms with Gasteiger partial charge in [0.15, 0.2) is 0 Å². The third-order valence-electron chi connectivity index (χ3n) is 4.67. The molecule has 0 aromatic carbocycles. The normalized spacial score (nSPS) is 13.1. The number of halogens is 5. The van der Waals surface area contributed by atoms with E-state index >= 15 is 0 Å². The van der Waals surface area contributed by atoms with E-state index in [-0.39, 0.29) is 13.0 Å². The summed E-state index contributed by atoms with van der Waals surface area (Å²) in [7, 11) is -3.32. The Hall–Kier alpha value is -0.480. The molecular weight excluding hydrogens is 431 g/mol. The number of hydrogen-bond acceptors (Lipinski definition) is 4. The Morgan fingerprint density at radius 3 is 1.37 bits per heavy atom. The van der Waals surface area contributed by atoms with Crippen molar-refractivity contribution in [1.82, 2.24) is 0 Å². The van der Waals surface area contributed by atoms with Crippen molar-refractivity contribution in [1.29, 1.82) is 0 Å². The predicted molar refractivity (Wildman–Crippen MR) is 107 cm³/mol. The van der Waals surface area contributed by atoms with Gasteiger partial charge in [0.05, 0.1) is 12.9 Å². The highest BCUT2D eigenvalue weighted by molar-refractivity contribution is 7.85. The van der Waals surface area contributed by atoms with Crippen molar-refractivity contribution in [3.8, 4) is 0 Å². The molecule has 0 N–H and O–H groups in total. The van der Waals surface area contributed by atoms with Gasteiger partial charge in [0.1, 0.15) is 0 Å². The number of rotatable bonds is 20. The standard InChI is InChI=1S/C20H37F5O4S/c1-30(26,27)29-18-14-9-6-4-2-3-5-8-12-16-28-17-13-10-7-11-15-19(21,22)20(23,24)25/h2-18H2,1H3. The highest BCUT2D eigenvalue weighted by atomic mass is 32.2. The number of unbranched alkanes of at least 4 members (excludes halogenated alkanes) is 11. The summed E-state index contributed by atoms with van der Waals surface area (Å²) in [5.74, 6) is -4.58. The van der Waals surface area contributed by atoms with Crippen LogP contribution in [-0.4, -0.2) is 46.6 Å². The molecule has 10 heteroatoms. The van der Waals surface area contributed by atoms with Gasteiger partial charge < -0.3 is 4.74 Å². The van der Waals surface area contributed by atoms with Gasteiger partial charge in [-0.3, -0.25) is 4.18 Å². The molecule has 0 atom stereocenters. The summed E-state index contributed by atoms with van der Waals surface area (Å²) in [5, 5.41) is 0. The minimum absolute atomic E-state index is 0.138. The van der Waals surface area contributed by atoms with Crippen LogP contribution in [0.2, 0.25) is 0 Å². The molecule has 30 heavy (non-hydrogen) atoms. The lowest BCUT2D eigenvalue weighted by Gasteiger charge is -2.19. The van der Waals surface area contributed by atoms with Gasteiger partial charge >= 0.3 is 12.1 Å². The highest BCUT2D eigenvalue weighted by Gasteiger charge is 2.56. The Morgan fingerprint density at radius 1 is 0.600 bits per heavy atom. The summed E-state index contributed by atoms with van der Waals surface area (Å²) in [5.41, 5.74) is 0. The van der Waals surface area contributed by atoms with Crippen LogP contribution in [0.3, 0.4) is 0 Å². The van der Waals surface area contributed by atoms with Gasteiger partial charge in [-0.1, -0.05) is 57.8 Å². The van der Waals surface area contributed by atoms with Crippen molar-refractivity contribution >= 4 is 10.1 Å². The third kappa shape index (κ3) is 18.3. The lowest BCUT2D eigenvalue weighted by atomic mass is 10.1. The topological polar surface area (TPSA) is 52.6 Å². The van der Waals surface area contributed by atoms with Crippen LogP contribution >= 0.6 is 0 Å². The first kappa shape index (κ1) is 29.5. The maximum absolute atomic E-state index is 12.7. The summed E-state index contributed by atoms with van der Waals surface area (Å²) < 4.78 is 93.1. The quantitative estimate of drug-likeness (QED) is 0.114. The Balaban J connectivity index is 3.23. The van der Waals surface area contributed by atoms with E-state index in [0.29, 0.717) is 32.5 Å². The Bertz CT molecular complexity index is 510. The SMILES string of the molecule is CS(=O)(=O)OCCCCCCCCCCCOCCCCCCC(F)(F)C(F)(F)F. The molecule has 0 aliphatic carbocycles. The molecule has 0 rings (SSSR count). The molecule has 0 saturated heterocycles. The van der Waals surface area contributed by atoms with Crippen molar-refractivity contribution in [2.24, 2.45) is 0 Å².